The van der Waals surface area contributed by atoms with Gasteiger partial charge in [-0.05, 0) is 30.5 Å². The molecule has 1 aromatic heterocycles. The van der Waals surface area contributed by atoms with E-state index in [1.807, 2.05) is 19.1 Å². The summed E-state index contributed by atoms with van der Waals surface area (Å²) in [5.41, 5.74) is 2.05. The van der Waals surface area contributed by atoms with Gasteiger partial charge < -0.3 is 4.98 Å². The Hall–Kier alpha value is -1.66. The fourth-order valence-electron chi connectivity index (χ4n) is 2.03. The zero-order valence-corrected chi connectivity index (χ0v) is 13.4. The number of aryl methyl sites for hydroxylation is 1. The number of H-pyrrole nitrogens is 1. The van der Waals surface area contributed by atoms with Crippen molar-refractivity contribution in [3.63, 3.8) is 0 Å². The summed E-state index contributed by atoms with van der Waals surface area (Å²) in [7, 11) is -3.45. The number of hydrogen-bond acceptors (Lipinski definition) is 3. The second-order valence-electron chi connectivity index (χ2n) is 5.37. The first-order valence-electron chi connectivity index (χ1n) is 6.98. The van der Waals surface area contributed by atoms with Gasteiger partial charge in [0.25, 0.3) is 0 Å². The lowest BCUT2D eigenvalue weighted by molar-refractivity contribution is 0.581. The van der Waals surface area contributed by atoms with Crippen LogP contribution in [0.4, 0.5) is 0 Å². The standard InChI is InChI=1S/C15H21N3O2S/c1-11(2)13-4-6-15(7-5-13)21(19,20)17-9-8-14-10-16-12(3)18-14/h4-7,10-11,17H,8-9H2,1-3H3,(H,16,18). The lowest BCUT2D eigenvalue weighted by atomic mass is 10.0. The van der Waals surface area contributed by atoms with Crippen LogP contribution in [-0.2, 0) is 16.4 Å². The van der Waals surface area contributed by atoms with Crippen LogP contribution in [0, 0.1) is 6.92 Å². The van der Waals surface area contributed by atoms with Crippen LogP contribution in [0.5, 0.6) is 0 Å². The van der Waals surface area contributed by atoms with Crippen LogP contribution in [0.3, 0.4) is 0 Å². The van der Waals surface area contributed by atoms with Gasteiger partial charge in [0.1, 0.15) is 5.82 Å². The Morgan fingerprint density at radius 2 is 1.90 bits per heavy atom. The SMILES string of the molecule is Cc1ncc(CCNS(=O)(=O)c2ccc(C(C)C)cc2)[nH]1. The number of aromatic amines is 1. The number of hydrogen-bond donors (Lipinski definition) is 2. The van der Waals surface area contributed by atoms with E-state index in [0.717, 1.165) is 17.1 Å². The Bertz CT molecular complexity index is 688. The smallest absolute Gasteiger partial charge is 0.240 e. The van der Waals surface area contributed by atoms with E-state index in [1.54, 1.807) is 18.3 Å². The quantitative estimate of drug-likeness (QED) is 0.860. The third-order valence-electron chi connectivity index (χ3n) is 3.30. The van der Waals surface area contributed by atoms with Gasteiger partial charge in [0.2, 0.25) is 10.0 Å². The topological polar surface area (TPSA) is 74.8 Å². The number of sulfonamides is 1. The molecule has 0 atom stereocenters. The fraction of sp³-hybridized carbons (Fsp3) is 0.400. The van der Waals surface area contributed by atoms with Crippen molar-refractivity contribution in [1.82, 2.24) is 14.7 Å². The zero-order chi connectivity index (χ0) is 15.5. The molecule has 0 aliphatic carbocycles. The average molecular weight is 307 g/mol. The number of nitrogens with one attached hydrogen (secondary N) is 2. The molecule has 5 nitrogen and oxygen atoms in total. The van der Waals surface area contributed by atoms with Gasteiger partial charge in [-0.15, -0.1) is 0 Å². The molecule has 0 bridgehead atoms. The first-order chi connectivity index (χ1) is 9.88. The van der Waals surface area contributed by atoms with Gasteiger partial charge in [0, 0.05) is 24.9 Å². The van der Waals surface area contributed by atoms with Crippen molar-refractivity contribution in [2.24, 2.45) is 0 Å². The molecule has 1 aromatic carbocycles. The first kappa shape index (κ1) is 15.7. The van der Waals surface area contributed by atoms with Gasteiger partial charge in [0.15, 0.2) is 0 Å². The van der Waals surface area contributed by atoms with Gasteiger partial charge >= 0.3 is 0 Å². The lowest BCUT2D eigenvalue weighted by Gasteiger charge is -2.09. The maximum atomic E-state index is 12.2. The van der Waals surface area contributed by atoms with E-state index in [4.69, 9.17) is 0 Å². The highest BCUT2D eigenvalue weighted by Crippen LogP contribution is 2.17. The summed E-state index contributed by atoms with van der Waals surface area (Å²) in [6.07, 6.45) is 2.31. The van der Waals surface area contributed by atoms with Gasteiger partial charge in [-0.25, -0.2) is 18.1 Å². The predicted octanol–water partition coefficient (Wildman–Crippen LogP) is 2.36. The molecule has 21 heavy (non-hydrogen) atoms. The summed E-state index contributed by atoms with van der Waals surface area (Å²) >= 11 is 0. The van der Waals surface area contributed by atoms with E-state index in [1.165, 1.54) is 0 Å². The summed E-state index contributed by atoms with van der Waals surface area (Å²) in [6, 6.07) is 7.02. The lowest BCUT2D eigenvalue weighted by Crippen LogP contribution is -2.26. The minimum absolute atomic E-state index is 0.299. The molecule has 0 aliphatic rings. The van der Waals surface area contributed by atoms with Crippen molar-refractivity contribution in [2.75, 3.05) is 6.54 Å². The van der Waals surface area contributed by atoms with Crippen LogP contribution in [0.25, 0.3) is 0 Å². The number of benzene rings is 1. The predicted molar refractivity (Wildman–Crippen MR) is 82.7 cm³/mol. The second kappa shape index (κ2) is 6.41. The molecule has 2 N–H and O–H groups in total. The van der Waals surface area contributed by atoms with E-state index in [0.29, 0.717) is 23.8 Å². The minimum atomic E-state index is -3.45. The summed E-state index contributed by atoms with van der Waals surface area (Å²) in [4.78, 5) is 7.46. The number of imidazole rings is 1. The Morgan fingerprint density at radius 1 is 1.24 bits per heavy atom. The number of nitrogens with zero attached hydrogens (tertiary/aromatic N) is 1. The van der Waals surface area contributed by atoms with Crippen LogP contribution in [0.15, 0.2) is 35.4 Å². The van der Waals surface area contributed by atoms with E-state index < -0.39 is 10.0 Å². The van der Waals surface area contributed by atoms with Crippen LogP contribution in [0.2, 0.25) is 0 Å². The van der Waals surface area contributed by atoms with Gasteiger partial charge in [-0.3, -0.25) is 0 Å². The molecule has 2 aromatic rings. The fourth-order valence-corrected chi connectivity index (χ4v) is 3.07. The van der Waals surface area contributed by atoms with E-state index in [2.05, 4.69) is 28.5 Å². The third-order valence-corrected chi connectivity index (χ3v) is 4.78. The molecule has 0 spiro atoms. The van der Waals surface area contributed by atoms with Crippen molar-refractivity contribution in [1.29, 1.82) is 0 Å². The van der Waals surface area contributed by atoms with Crippen molar-refractivity contribution in [3.8, 4) is 0 Å². The average Bonchev–Trinajstić information content (AvgIpc) is 2.84. The Morgan fingerprint density at radius 3 is 2.43 bits per heavy atom. The molecule has 1 heterocycles. The molecule has 0 saturated heterocycles. The molecule has 0 amide bonds. The molecule has 6 heteroatoms. The van der Waals surface area contributed by atoms with Crippen molar-refractivity contribution in [3.05, 3.63) is 47.5 Å². The van der Waals surface area contributed by atoms with Crippen LogP contribution in [0.1, 0.15) is 36.8 Å². The Balaban J connectivity index is 1.97. The normalized spacial score (nSPS) is 12.0. The van der Waals surface area contributed by atoms with Gasteiger partial charge in [-0.1, -0.05) is 26.0 Å². The maximum Gasteiger partial charge on any atom is 0.240 e. The highest BCUT2D eigenvalue weighted by atomic mass is 32.2. The Labute approximate surface area is 125 Å². The highest BCUT2D eigenvalue weighted by molar-refractivity contribution is 7.89. The molecule has 2 rings (SSSR count). The molecule has 0 radical (unpaired) electrons. The van der Waals surface area contributed by atoms with Gasteiger partial charge in [-0.2, -0.15) is 0 Å². The largest absolute Gasteiger partial charge is 0.346 e. The molecule has 0 unspecified atom stereocenters. The molecule has 0 fully saturated rings. The van der Waals surface area contributed by atoms with Crippen molar-refractivity contribution in [2.45, 2.75) is 38.0 Å². The van der Waals surface area contributed by atoms with Crippen molar-refractivity contribution >= 4 is 10.0 Å². The Kier molecular flexibility index (Phi) is 4.80. The first-order valence-corrected chi connectivity index (χ1v) is 8.47. The maximum absolute atomic E-state index is 12.2. The zero-order valence-electron chi connectivity index (χ0n) is 12.6. The third kappa shape index (κ3) is 4.15. The molecular formula is C15H21N3O2S. The van der Waals surface area contributed by atoms with E-state index in [9.17, 15) is 8.42 Å². The molecular weight excluding hydrogens is 286 g/mol. The van der Waals surface area contributed by atoms with Crippen LogP contribution >= 0.6 is 0 Å². The van der Waals surface area contributed by atoms with Gasteiger partial charge in [0.05, 0.1) is 4.90 Å². The molecule has 0 saturated carbocycles. The summed E-state index contributed by atoms with van der Waals surface area (Å²) in [6.45, 7) is 6.36. The number of aromatic nitrogens is 2. The molecule has 0 aliphatic heterocycles. The highest BCUT2D eigenvalue weighted by Gasteiger charge is 2.13. The van der Waals surface area contributed by atoms with E-state index >= 15 is 0 Å². The van der Waals surface area contributed by atoms with Crippen molar-refractivity contribution < 1.29 is 8.42 Å². The van der Waals surface area contributed by atoms with Crippen LogP contribution in [-0.4, -0.2) is 24.9 Å². The molecule has 114 valence electrons. The minimum Gasteiger partial charge on any atom is -0.346 e. The monoisotopic (exact) mass is 307 g/mol. The number of rotatable bonds is 6. The van der Waals surface area contributed by atoms with Crippen LogP contribution < -0.4 is 4.72 Å². The summed E-state index contributed by atoms with van der Waals surface area (Å²) in [5, 5.41) is 0. The van der Waals surface area contributed by atoms with E-state index in [-0.39, 0.29) is 0 Å². The summed E-state index contributed by atoms with van der Waals surface area (Å²) < 4.78 is 26.9. The second-order valence-corrected chi connectivity index (χ2v) is 7.13. The summed E-state index contributed by atoms with van der Waals surface area (Å²) in [5.74, 6) is 1.22.